The van der Waals surface area contributed by atoms with Gasteiger partial charge in [0, 0.05) is 12.9 Å². The second kappa shape index (κ2) is 12.1. The third kappa shape index (κ3) is 7.76. The maximum atomic E-state index is 12.5. The molecule has 2 aromatic rings. The van der Waals surface area contributed by atoms with Crippen LogP contribution in [0.2, 0.25) is 10.0 Å². The third-order valence-corrected chi connectivity index (χ3v) is 6.02. The first kappa shape index (κ1) is 24.4. The lowest BCUT2D eigenvalue weighted by Crippen LogP contribution is -2.42. The van der Waals surface area contributed by atoms with Gasteiger partial charge in [0.1, 0.15) is 12.6 Å². The van der Waals surface area contributed by atoms with Crippen LogP contribution >= 0.6 is 46.7 Å². The fourth-order valence-electron chi connectivity index (χ4n) is 2.08. The van der Waals surface area contributed by atoms with Crippen LogP contribution in [0.5, 0.6) is 0 Å². The molecule has 0 radical (unpaired) electrons. The molecule has 0 bridgehead atoms. The van der Waals surface area contributed by atoms with Gasteiger partial charge in [-0.05, 0) is 29.1 Å². The lowest BCUT2D eigenvalue weighted by molar-refractivity contribution is -0.139. The van der Waals surface area contributed by atoms with Crippen molar-refractivity contribution in [2.75, 3.05) is 19.5 Å². The largest absolute Gasteiger partial charge is 0.481 e. The van der Waals surface area contributed by atoms with Crippen LogP contribution in [0.4, 0.5) is 4.79 Å². The van der Waals surface area contributed by atoms with Crippen LogP contribution in [0, 0.1) is 0 Å². The Balaban J connectivity index is 2.01. The number of aromatic nitrogens is 4. The maximum absolute atomic E-state index is 12.5. The van der Waals surface area contributed by atoms with Crippen LogP contribution in [0.1, 0.15) is 6.42 Å². The number of ether oxygens (including phenoxy) is 1. The van der Waals surface area contributed by atoms with Gasteiger partial charge in [0.15, 0.2) is 5.78 Å². The Morgan fingerprint density at radius 2 is 2.00 bits per heavy atom. The van der Waals surface area contributed by atoms with E-state index in [0.29, 0.717) is 27.3 Å². The van der Waals surface area contributed by atoms with E-state index in [-0.39, 0.29) is 11.7 Å². The van der Waals surface area contributed by atoms with Crippen LogP contribution in [0.25, 0.3) is 0 Å². The number of carboxylic acid groups (broad SMARTS) is 1. The van der Waals surface area contributed by atoms with Crippen molar-refractivity contribution in [1.82, 2.24) is 25.5 Å². The van der Waals surface area contributed by atoms with Crippen molar-refractivity contribution >= 4 is 63.7 Å². The number of ketones is 1. The zero-order valence-corrected chi connectivity index (χ0v) is 18.7. The first-order valence-electron chi connectivity index (χ1n) is 8.36. The first-order valence-corrected chi connectivity index (χ1v) is 10.9. The predicted octanol–water partition coefficient (Wildman–Crippen LogP) is 2.63. The number of benzene rings is 1. The van der Waals surface area contributed by atoms with Crippen molar-refractivity contribution in [2.45, 2.75) is 29.1 Å². The summed E-state index contributed by atoms with van der Waals surface area (Å²) in [5.74, 6) is -1.44. The standard InChI is InChI=1S/C16H17Cl2N5O5S2/c1-28-5-6-29-16(27)19-11(7-13(25)26)12(24)8-23-21-15(20-22-23)30-14-9(17)3-2-4-10(14)18/h2-4,11H,5-8H2,1H3,(H,19,27)(H,25,26). The fourth-order valence-corrected chi connectivity index (χ4v) is 4.09. The molecule has 0 saturated heterocycles. The number of hydrogen-bond donors (Lipinski definition) is 2. The predicted molar refractivity (Wildman–Crippen MR) is 112 cm³/mol. The van der Waals surface area contributed by atoms with Crippen molar-refractivity contribution in [3.63, 3.8) is 0 Å². The van der Waals surface area contributed by atoms with Gasteiger partial charge in [-0.1, -0.05) is 41.0 Å². The summed E-state index contributed by atoms with van der Waals surface area (Å²) in [5, 5.41) is 23.6. The number of carboxylic acids is 1. The lowest BCUT2D eigenvalue weighted by atomic mass is 10.1. The molecule has 0 fully saturated rings. The summed E-state index contributed by atoms with van der Waals surface area (Å²) >= 11 is 14.2. The quantitative estimate of drug-likeness (QED) is 0.449. The summed E-state index contributed by atoms with van der Waals surface area (Å²) in [6.45, 7) is -0.0286. The summed E-state index contributed by atoms with van der Waals surface area (Å²) < 4.78 is 4.84. The molecule has 1 unspecified atom stereocenters. The summed E-state index contributed by atoms with van der Waals surface area (Å²) in [4.78, 5) is 37.0. The van der Waals surface area contributed by atoms with E-state index in [2.05, 4.69) is 20.7 Å². The Labute approximate surface area is 190 Å². The van der Waals surface area contributed by atoms with Gasteiger partial charge < -0.3 is 15.2 Å². The average molecular weight is 494 g/mol. The van der Waals surface area contributed by atoms with Crippen LogP contribution in [0.15, 0.2) is 28.3 Å². The molecule has 14 heteroatoms. The summed E-state index contributed by atoms with van der Waals surface area (Å²) in [7, 11) is 1.49. The maximum Gasteiger partial charge on any atom is 0.305 e. The van der Waals surface area contributed by atoms with Crippen LogP contribution < -0.4 is 5.32 Å². The molecule has 0 aliphatic rings. The Morgan fingerprint density at radius 1 is 1.30 bits per heavy atom. The second-order valence-corrected chi connectivity index (χ2v) is 8.50. The number of thioether (sulfide) groups is 1. The van der Waals surface area contributed by atoms with E-state index in [4.69, 9.17) is 33.0 Å². The highest BCUT2D eigenvalue weighted by molar-refractivity contribution is 8.13. The molecule has 1 aromatic carbocycles. The van der Waals surface area contributed by atoms with Gasteiger partial charge in [0.05, 0.1) is 28.0 Å². The molecule has 0 aliphatic carbocycles. The van der Waals surface area contributed by atoms with E-state index in [1.54, 1.807) is 18.2 Å². The van der Waals surface area contributed by atoms with Crippen molar-refractivity contribution < 1.29 is 24.2 Å². The smallest absolute Gasteiger partial charge is 0.305 e. The van der Waals surface area contributed by atoms with Crippen molar-refractivity contribution in [3.8, 4) is 0 Å². The Hall–Kier alpha value is -1.86. The zero-order valence-electron chi connectivity index (χ0n) is 15.6. The van der Waals surface area contributed by atoms with E-state index in [9.17, 15) is 14.4 Å². The Bertz CT molecular complexity index is 894. The molecule has 1 atom stereocenters. The van der Waals surface area contributed by atoms with Crippen molar-refractivity contribution in [3.05, 3.63) is 28.2 Å². The SMILES string of the molecule is COCCSC(=O)NC(CC(=O)O)C(=O)Cn1nnc(Sc2c(Cl)cccc2Cl)n1. The summed E-state index contributed by atoms with van der Waals surface area (Å²) in [6, 6.07) is 3.79. The number of halogens is 2. The lowest BCUT2D eigenvalue weighted by Gasteiger charge is -2.15. The van der Waals surface area contributed by atoms with Gasteiger partial charge in [-0.15, -0.1) is 10.2 Å². The number of nitrogens with one attached hydrogen (secondary N) is 1. The van der Waals surface area contributed by atoms with E-state index < -0.39 is 29.5 Å². The zero-order chi connectivity index (χ0) is 22.1. The first-order chi connectivity index (χ1) is 14.3. The van der Waals surface area contributed by atoms with Gasteiger partial charge >= 0.3 is 5.97 Å². The summed E-state index contributed by atoms with van der Waals surface area (Å²) in [5.41, 5.74) is 0. The van der Waals surface area contributed by atoms with E-state index in [1.165, 1.54) is 7.11 Å². The third-order valence-electron chi connectivity index (χ3n) is 3.42. The van der Waals surface area contributed by atoms with Crippen LogP contribution in [-0.2, 0) is 20.9 Å². The fraction of sp³-hybridized carbons (Fsp3) is 0.375. The van der Waals surface area contributed by atoms with Gasteiger partial charge in [-0.2, -0.15) is 4.80 Å². The minimum absolute atomic E-state index is 0.201. The molecule has 1 heterocycles. The molecule has 1 aromatic heterocycles. The summed E-state index contributed by atoms with van der Waals surface area (Å²) in [6.07, 6.45) is -0.569. The molecule has 1 amide bonds. The highest BCUT2D eigenvalue weighted by Gasteiger charge is 2.25. The molecule has 162 valence electrons. The van der Waals surface area contributed by atoms with Crippen molar-refractivity contribution in [2.24, 2.45) is 0 Å². The Morgan fingerprint density at radius 3 is 2.63 bits per heavy atom. The van der Waals surface area contributed by atoms with Crippen molar-refractivity contribution in [1.29, 1.82) is 0 Å². The highest BCUT2D eigenvalue weighted by Crippen LogP contribution is 2.36. The van der Waals surface area contributed by atoms with E-state index in [0.717, 1.165) is 28.3 Å². The number of rotatable bonds is 11. The molecular formula is C16H17Cl2N5O5S2. The number of Topliss-reactive ketones (excluding diaryl/α,β-unsaturated/α-hetero) is 1. The molecule has 2 rings (SSSR count). The molecule has 30 heavy (non-hydrogen) atoms. The number of methoxy groups -OCH3 is 1. The highest BCUT2D eigenvalue weighted by atomic mass is 35.5. The second-order valence-electron chi connectivity index (χ2n) is 5.65. The number of aliphatic carboxylic acids is 1. The minimum atomic E-state index is -1.23. The molecule has 2 N–H and O–H groups in total. The van der Waals surface area contributed by atoms with E-state index in [1.807, 2.05) is 0 Å². The molecule has 10 nitrogen and oxygen atoms in total. The van der Waals surface area contributed by atoms with Gasteiger partial charge in [0.25, 0.3) is 5.24 Å². The number of carbonyl (C=O) groups is 3. The number of hydrogen-bond acceptors (Lipinski definition) is 9. The number of nitrogens with zero attached hydrogens (tertiary/aromatic N) is 4. The molecule has 0 spiro atoms. The topological polar surface area (TPSA) is 136 Å². The Kier molecular flexibility index (Phi) is 9.85. The number of carbonyl (C=O) groups excluding carboxylic acids is 2. The van der Waals surface area contributed by atoms with Gasteiger partial charge in [-0.3, -0.25) is 14.4 Å². The molecular weight excluding hydrogens is 477 g/mol. The van der Waals surface area contributed by atoms with Crippen LogP contribution in [-0.4, -0.2) is 67.8 Å². The monoisotopic (exact) mass is 493 g/mol. The molecule has 0 aliphatic heterocycles. The van der Waals surface area contributed by atoms with Gasteiger partial charge in [-0.25, -0.2) is 0 Å². The normalized spacial score (nSPS) is 11.8. The number of amides is 1. The average Bonchev–Trinajstić information content (AvgIpc) is 3.11. The van der Waals surface area contributed by atoms with E-state index >= 15 is 0 Å². The minimum Gasteiger partial charge on any atom is -0.481 e. The van der Waals surface area contributed by atoms with Gasteiger partial charge in [0.2, 0.25) is 5.16 Å². The van der Waals surface area contributed by atoms with Crippen LogP contribution in [0.3, 0.4) is 0 Å². The molecule has 0 saturated carbocycles. The number of tetrazole rings is 1.